The molecule has 0 radical (unpaired) electrons. The number of amides is 1. The molecule has 0 aromatic heterocycles. The van der Waals surface area contributed by atoms with Crippen molar-refractivity contribution in [1.82, 2.24) is 5.48 Å². The topological polar surface area (TPSA) is 58.6 Å². The molecule has 2 aromatic carbocycles. The zero-order valence-corrected chi connectivity index (χ0v) is 12.7. The van der Waals surface area contributed by atoms with Gasteiger partial charge >= 0.3 is 12.4 Å². The Morgan fingerprint density at radius 3 is 1.96 bits per heavy atom. The number of rotatable bonds is 4. The molecule has 0 spiro atoms. The van der Waals surface area contributed by atoms with Crippen molar-refractivity contribution >= 4 is 5.91 Å². The number of carbonyl (C=O) groups excluding carboxylic acids is 1. The zero-order chi connectivity index (χ0) is 19.5. The summed E-state index contributed by atoms with van der Waals surface area (Å²) in [7, 11) is 0. The zero-order valence-electron chi connectivity index (χ0n) is 12.7. The van der Waals surface area contributed by atoms with Gasteiger partial charge in [-0.1, -0.05) is 24.3 Å². The molecule has 2 N–H and O–H groups in total. The number of hydrogen-bond donors (Lipinski definition) is 2. The minimum absolute atomic E-state index is 0.0463. The minimum Gasteiger partial charge on any atom is -0.457 e. The number of carbonyl (C=O) groups is 1. The van der Waals surface area contributed by atoms with Crippen LogP contribution in [-0.2, 0) is 0 Å². The molecule has 0 saturated carbocycles. The van der Waals surface area contributed by atoms with Gasteiger partial charge in [-0.15, -0.1) is 0 Å². The lowest BCUT2D eigenvalue weighted by Gasteiger charge is -2.23. The number of nitrogens with one attached hydrogen (secondary N) is 1. The summed E-state index contributed by atoms with van der Waals surface area (Å²) in [5.74, 6) is -4.65. The molecule has 1 amide bonds. The minimum atomic E-state index is -5.49. The van der Waals surface area contributed by atoms with E-state index in [4.69, 9.17) is 9.94 Å². The van der Waals surface area contributed by atoms with Crippen LogP contribution in [0.4, 0.5) is 26.3 Å². The molecule has 2 aromatic rings. The maximum atomic E-state index is 12.7. The highest BCUT2D eigenvalue weighted by Gasteiger charge is 2.57. The molecule has 140 valence electrons. The number of hydrogen-bond acceptors (Lipinski definition) is 3. The first kappa shape index (κ1) is 19.6. The highest BCUT2D eigenvalue weighted by molar-refractivity contribution is 5.96. The second-order valence-corrected chi connectivity index (χ2v) is 5.12. The first-order valence-electron chi connectivity index (χ1n) is 6.98. The van der Waals surface area contributed by atoms with E-state index in [2.05, 4.69) is 0 Å². The quantitative estimate of drug-likeness (QED) is 0.456. The van der Waals surface area contributed by atoms with Gasteiger partial charge in [0, 0.05) is 0 Å². The van der Waals surface area contributed by atoms with Crippen LogP contribution >= 0.6 is 0 Å². The van der Waals surface area contributed by atoms with Gasteiger partial charge in [-0.2, -0.15) is 26.3 Å². The average molecular weight is 379 g/mol. The van der Waals surface area contributed by atoms with Crippen LogP contribution in [0.2, 0.25) is 0 Å². The second-order valence-electron chi connectivity index (χ2n) is 5.12. The van der Waals surface area contributed by atoms with Crippen molar-refractivity contribution in [2.75, 3.05) is 0 Å². The van der Waals surface area contributed by atoms with Gasteiger partial charge in [0.2, 0.25) is 0 Å². The fourth-order valence-electron chi connectivity index (χ4n) is 2.22. The normalized spacial score (nSPS) is 12.2. The van der Waals surface area contributed by atoms with Gasteiger partial charge in [-0.3, -0.25) is 10.0 Å². The Balaban J connectivity index is 2.30. The Labute approximate surface area is 143 Å². The van der Waals surface area contributed by atoms with Gasteiger partial charge in [-0.25, -0.2) is 5.48 Å². The summed E-state index contributed by atoms with van der Waals surface area (Å²) in [5, 5.41) is 8.66. The van der Waals surface area contributed by atoms with E-state index in [9.17, 15) is 31.1 Å². The van der Waals surface area contributed by atoms with E-state index in [-0.39, 0.29) is 17.1 Å². The SMILES string of the molecule is O=C(NO)c1ccccc1Oc1ccc(C(C(F)(F)F)C(F)(F)F)cc1. The number of halogens is 6. The largest absolute Gasteiger partial charge is 0.457 e. The van der Waals surface area contributed by atoms with Gasteiger partial charge in [0.05, 0.1) is 5.56 Å². The first-order chi connectivity index (χ1) is 12.0. The summed E-state index contributed by atoms with van der Waals surface area (Å²) in [5.41, 5.74) is 0.328. The van der Waals surface area contributed by atoms with Gasteiger partial charge in [0.15, 0.2) is 5.92 Å². The van der Waals surface area contributed by atoms with Gasteiger partial charge in [-0.05, 0) is 29.8 Å². The number of ether oxygens (including phenoxy) is 1. The van der Waals surface area contributed by atoms with E-state index in [0.29, 0.717) is 12.1 Å². The van der Waals surface area contributed by atoms with Crippen LogP contribution in [0.15, 0.2) is 48.5 Å². The predicted molar refractivity (Wildman–Crippen MR) is 77.1 cm³/mol. The summed E-state index contributed by atoms with van der Waals surface area (Å²) in [4.78, 5) is 11.5. The van der Waals surface area contributed by atoms with E-state index >= 15 is 0 Å². The maximum Gasteiger partial charge on any atom is 0.404 e. The Morgan fingerprint density at radius 1 is 0.923 bits per heavy atom. The van der Waals surface area contributed by atoms with Crippen LogP contribution in [0, 0.1) is 0 Å². The molecule has 0 unspecified atom stereocenters. The Hall–Kier alpha value is -2.75. The summed E-state index contributed by atoms with van der Waals surface area (Å²) in [6.45, 7) is 0. The Kier molecular flexibility index (Phi) is 5.45. The van der Waals surface area contributed by atoms with Crippen molar-refractivity contribution in [1.29, 1.82) is 0 Å². The predicted octanol–water partition coefficient (Wildman–Crippen LogP) is 4.81. The molecular formula is C16H11F6NO3. The molecule has 0 bridgehead atoms. The first-order valence-corrected chi connectivity index (χ1v) is 6.98. The van der Waals surface area contributed by atoms with Gasteiger partial charge in [0.25, 0.3) is 5.91 Å². The molecule has 26 heavy (non-hydrogen) atoms. The molecular weight excluding hydrogens is 368 g/mol. The third-order valence-electron chi connectivity index (χ3n) is 3.33. The lowest BCUT2D eigenvalue weighted by Crippen LogP contribution is -2.34. The van der Waals surface area contributed by atoms with E-state index in [1.807, 2.05) is 0 Å². The molecule has 0 heterocycles. The van der Waals surface area contributed by atoms with Crippen molar-refractivity contribution in [3.05, 3.63) is 59.7 Å². The average Bonchev–Trinajstić information content (AvgIpc) is 2.54. The highest BCUT2D eigenvalue weighted by Crippen LogP contribution is 2.46. The van der Waals surface area contributed by atoms with Gasteiger partial charge < -0.3 is 4.74 Å². The summed E-state index contributed by atoms with van der Waals surface area (Å²) < 4.78 is 81.6. The number of benzene rings is 2. The molecule has 0 atom stereocenters. The number of para-hydroxylation sites is 1. The fraction of sp³-hybridized carbons (Fsp3) is 0.188. The van der Waals surface area contributed by atoms with E-state index in [1.54, 1.807) is 0 Å². The molecule has 0 aliphatic rings. The van der Waals surface area contributed by atoms with Crippen molar-refractivity contribution in [3.63, 3.8) is 0 Å². The van der Waals surface area contributed by atoms with Crippen molar-refractivity contribution in [2.45, 2.75) is 18.3 Å². The third kappa shape index (κ3) is 4.45. The van der Waals surface area contributed by atoms with Crippen LogP contribution in [0.25, 0.3) is 0 Å². The lowest BCUT2D eigenvalue weighted by atomic mass is 9.98. The molecule has 0 saturated heterocycles. The van der Waals surface area contributed by atoms with Crippen LogP contribution in [0.5, 0.6) is 11.5 Å². The molecule has 0 aliphatic carbocycles. The van der Waals surface area contributed by atoms with E-state index < -0.39 is 29.7 Å². The summed E-state index contributed by atoms with van der Waals surface area (Å²) >= 11 is 0. The van der Waals surface area contributed by atoms with Crippen LogP contribution in [0.3, 0.4) is 0 Å². The molecule has 10 heteroatoms. The molecule has 4 nitrogen and oxygen atoms in total. The van der Waals surface area contributed by atoms with Crippen LogP contribution < -0.4 is 10.2 Å². The van der Waals surface area contributed by atoms with Crippen molar-refractivity contribution < 1.29 is 41.1 Å². The number of alkyl halides is 6. The smallest absolute Gasteiger partial charge is 0.404 e. The number of hydroxylamine groups is 1. The molecule has 2 rings (SSSR count). The van der Waals surface area contributed by atoms with Gasteiger partial charge in [0.1, 0.15) is 11.5 Å². The maximum absolute atomic E-state index is 12.7. The van der Waals surface area contributed by atoms with E-state index in [1.165, 1.54) is 29.7 Å². The van der Waals surface area contributed by atoms with Crippen LogP contribution in [0.1, 0.15) is 21.8 Å². The van der Waals surface area contributed by atoms with Crippen molar-refractivity contribution in [2.24, 2.45) is 0 Å². The monoisotopic (exact) mass is 379 g/mol. The van der Waals surface area contributed by atoms with Crippen molar-refractivity contribution in [3.8, 4) is 11.5 Å². The molecule has 0 fully saturated rings. The Morgan fingerprint density at radius 2 is 1.46 bits per heavy atom. The Bertz CT molecular complexity index is 757. The van der Waals surface area contributed by atoms with Crippen LogP contribution in [-0.4, -0.2) is 23.5 Å². The highest BCUT2D eigenvalue weighted by atomic mass is 19.4. The standard InChI is InChI=1S/C16H11F6NO3/c17-15(18,19)13(16(20,21)22)9-5-7-10(8-6-9)26-12-4-2-1-3-11(12)14(24)23-25/h1-8,13,25H,(H,23,24). The summed E-state index contributed by atoms with van der Waals surface area (Å²) in [6.07, 6.45) is -11.0. The second kappa shape index (κ2) is 7.24. The third-order valence-corrected chi connectivity index (χ3v) is 3.33. The summed E-state index contributed by atoms with van der Waals surface area (Å²) in [6, 6.07) is 8.75. The molecule has 0 aliphatic heterocycles. The fourth-order valence-corrected chi connectivity index (χ4v) is 2.22. The van der Waals surface area contributed by atoms with E-state index in [0.717, 1.165) is 12.1 Å². The lowest BCUT2D eigenvalue weighted by molar-refractivity contribution is -0.253.